The fourth-order valence-electron chi connectivity index (χ4n) is 3.21. The van der Waals surface area contributed by atoms with Gasteiger partial charge in [0.25, 0.3) is 0 Å². The Bertz CT molecular complexity index is 498. The molecule has 1 N–H and O–H groups in total. The van der Waals surface area contributed by atoms with Crippen molar-refractivity contribution in [1.82, 2.24) is 5.32 Å². The van der Waals surface area contributed by atoms with E-state index in [1.54, 1.807) is 7.11 Å². The molecule has 1 aromatic rings. The number of benzene rings is 1. The Labute approximate surface area is 127 Å². The summed E-state index contributed by atoms with van der Waals surface area (Å²) in [6, 6.07) is 10.4. The third kappa shape index (κ3) is 3.75. The van der Waals surface area contributed by atoms with Gasteiger partial charge in [0.1, 0.15) is 11.3 Å². The first-order valence-electron chi connectivity index (χ1n) is 7.55. The standard InChI is InChI=1S/C17H24N2O2/c1-19-17(13-18)9-4-6-15(17)8-10-21-16-7-3-5-14(11-16)12-20-2/h3,5,7,11,15,19H,4,6,8-10,12H2,1-2H3. The van der Waals surface area contributed by atoms with Crippen molar-refractivity contribution in [2.75, 3.05) is 20.8 Å². The Morgan fingerprint density at radius 3 is 3.05 bits per heavy atom. The van der Waals surface area contributed by atoms with Crippen LogP contribution in [0.5, 0.6) is 5.75 Å². The Morgan fingerprint density at radius 1 is 1.48 bits per heavy atom. The minimum atomic E-state index is -0.360. The van der Waals surface area contributed by atoms with Gasteiger partial charge in [0.15, 0.2) is 0 Å². The quantitative estimate of drug-likeness (QED) is 0.838. The number of rotatable bonds is 7. The predicted octanol–water partition coefficient (Wildman–Crippen LogP) is 2.88. The number of hydrogen-bond donors (Lipinski definition) is 1. The van der Waals surface area contributed by atoms with Crippen molar-refractivity contribution < 1.29 is 9.47 Å². The van der Waals surface area contributed by atoms with E-state index < -0.39 is 0 Å². The van der Waals surface area contributed by atoms with Crippen LogP contribution < -0.4 is 10.1 Å². The van der Waals surface area contributed by atoms with Gasteiger partial charge in [-0.1, -0.05) is 18.6 Å². The Kier molecular flexibility index (Phi) is 5.60. The van der Waals surface area contributed by atoms with Crippen molar-refractivity contribution in [3.63, 3.8) is 0 Å². The van der Waals surface area contributed by atoms with Crippen molar-refractivity contribution in [2.45, 2.75) is 37.8 Å². The van der Waals surface area contributed by atoms with E-state index in [1.807, 2.05) is 31.3 Å². The van der Waals surface area contributed by atoms with Crippen LogP contribution in [0, 0.1) is 17.2 Å². The average Bonchev–Trinajstić information content (AvgIpc) is 2.91. The number of hydrogen-bond acceptors (Lipinski definition) is 4. The third-order valence-corrected chi connectivity index (χ3v) is 4.41. The molecule has 0 radical (unpaired) electrons. The molecule has 2 unspecified atom stereocenters. The predicted molar refractivity (Wildman–Crippen MR) is 82.0 cm³/mol. The molecule has 21 heavy (non-hydrogen) atoms. The number of nitrogens with one attached hydrogen (secondary N) is 1. The number of nitriles is 1. The van der Waals surface area contributed by atoms with Gasteiger partial charge in [0.05, 0.1) is 19.3 Å². The Hall–Kier alpha value is -1.57. The Balaban J connectivity index is 1.87. The van der Waals surface area contributed by atoms with Crippen molar-refractivity contribution in [2.24, 2.45) is 5.92 Å². The first-order valence-corrected chi connectivity index (χ1v) is 7.55. The molecule has 114 valence electrons. The summed E-state index contributed by atoms with van der Waals surface area (Å²) in [6.07, 6.45) is 4.06. The van der Waals surface area contributed by atoms with Crippen LogP contribution in [-0.4, -0.2) is 26.3 Å². The van der Waals surface area contributed by atoms with Gasteiger partial charge in [-0.15, -0.1) is 0 Å². The zero-order valence-electron chi connectivity index (χ0n) is 12.9. The van der Waals surface area contributed by atoms with E-state index >= 15 is 0 Å². The topological polar surface area (TPSA) is 54.3 Å². The summed E-state index contributed by atoms with van der Waals surface area (Å²) in [4.78, 5) is 0. The second kappa shape index (κ2) is 7.44. The average molecular weight is 288 g/mol. The highest BCUT2D eigenvalue weighted by Gasteiger charge is 2.41. The molecule has 0 saturated heterocycles. The molecule has 2 atom stereocenters. The van der Waals surface area contributed by atoms with Gasteiger partial charge in [-0.3, -0.25) is 0 Å². The van der Waals surface area contributed by atoms with Gasteiger partial charge < -0.3 is 14.8 Å². The summed E-state index contributed by atoms with van der Waals surface area (Å²) in [7, 11) is 3.57. The first-order chi connectivity index (χ1) is 10.2. The van der Waals surface area contributed by atoms with Crippen molar-refractivity contribution in [3.8, 4) is 11.8 Å². The number of nitrogens with zero attached hydrogens (tertiary/aromatic N) is 1. The molecule has 1 aliphatic carbocycles. The third-order valence-electron chi connectivity index (χ3n) is 4.41. The fraction of sp³-hybridized carbons (Fsp3) is 0.588. The second-order valence-electron chi connectivity index (χ2n) is 5.64. The van der Waals surface area contributed by atoms with Crippen LogP contribution >= 0.6 is 0 Å². The number of methoxy groups -OCH3 is 1. The molecule has 4 heteroatoms. The molecule has 0 heterocycles. The summed E-state index contributed by atoms with van der Waals surface area (Å²) < 4.78 is 11.0. The summed E-state index contributed by atoms with van der Waals surface area (Å²) in [6.45, 7) is 1.24. The maximum atomic E-state index is 9.43. The van der Waals surface area contributed by atoms with Crippen LogP contribution in [0.4, 0.5) is 0 Å². The van der Waals surface area contributed by atoms with Gasteiger partial charge in [-0.2, -0.15) is 5.26 Å². The molecule has 1 aliphatic rings. The van der Waals surface area contributed by atoms with Gasteiger partial charge in [0.2, 0.25) is 0 Å². The molecule has 4 nitrogen and oxygen atoms in total. The van der Waals surface area contributed by atoms with Crippen LogP contribution in [0.3, 0.4) is 0 Å². The minimum absolute atomic E-state index is 0.360. The zero-order chi connectivity index (χ0) is 15.1. The lowest BCUT2D eigenvalue weighted by atomic mass is 9.86. The highest BCUT2D eigenvalue weighted by atomic mass is 16.5. The molecule has 0 amide bonds. The maximum Gasteiger partial charge on any atom is 0.119 e. The summed E-state index contributed by atoms with van der Waals surface area (Å²) in [5.41, 5.74) is 0.749. The lowest BCUT2D eigenvalue weighted by Gasteiger charge is -2.28. The molecule has 0 aliphatic heterocycles. The van der Waals surface area contributed by atoms with Gasteiger partial charge in [-0.25, -0.2) is 0 Å². The lowest BCUT2D eigenvalue weighted by Crippen LogP contribution is -2.45. The Morgan fingerprint density at radius 2 is 2.33 bits per heavy atom. The summed E-state index contributed by atoms with van der Waals surface area (Å²) in [5.74, 6) is 1.24. The van der Waals surface area contributed by atoms with E-state index in [0.717, 1.165) is 37.0 Å². The summed E-state index contributed by atoms with van der Waals surface area (Å²) >= 11 is 0. The van der Waals surface area contributed by atoms with Crippen LogP contribution in [0.25, 0.3) is 0 Å². The molecule has 2 rings (SSSR count). The SMILES string of the molecule is CNC1(C#N)CCCC1CCOc1cccc(COC)c1. The van der Waals surface area contributed by atoms with E-state index in [1.165, 1.54) is 0 Å². The highest BCUT2D eigenvalue weighted by Crippen LogP contribution is 2.37. The molecule has 0 spiro atoms. The monoisotopic (exact) mass is 288 g/mol. The molecule has 0 aromatic heterocycles. The largest absolute Gasteiger partial charge is 0.494 e. The summed E-state index contributed by atoms with van der Waals surface area (Å²) in [5, 5.41) is 12.7. The van der Waals surface area contributed by atoms with Crippen molar-refractivity contribution >= 4 is 0 Å². The van der Waals surface area contributed by atoms with Crippen molar-refractivity contribution in [1.29, 1.82) is 5.26 Å². The maximum absolute atomic E-state index is 9.43. The molecule has 1 aromatic carbocycles. The van der Waals surface area contributed by atoms with E-state index in [0.29, 0.717) is 19.1 Å². The van der Waals surface area contributed by atoms with Gasteiger partial charge >= 0.3 is 0 Å². The van der Waals surface area contributed by atoms with Crippen LogP contribution in [0.15, 0.2) is 24.3 Å². The molecular weight excluding hydrogens is 264 g/mol. The van der Waals surface area contributed by atoms with E-state index in [2.05, 4.69) is 11.4 Å². The van der Waals surface area contributed by atoms with Crippen molar-refractivity contribution in [3.05, 3.63) is 29.8 Å². The van der Waals surface area contributed by atoms with Gasteiger partial charge in [-0.05, 0) is 49.9 Å². The second-order valence-corrected chi connectivity index (χ2v) is 5.64. The molecule has 1 saturated carbocycles. The first kappa shape index (κ1) is 15.8. The smallest absolute Gasteiger partial charge is 0.119 e. The molecule has 0 bridgehead atoms. The normalized spacial score (nSPS) is 24.7. The lowest BCUT2D eigenvalue weighted by molar-refractivity contribution is 0.184. The molecule has 1 fully saturated rings. The molecular formula is C17H24N2O2. The van der Waals surface area contributed by atoms with E-state index in [4.69, 9.17) is 9.47 Å². The van der Waals surface area contributed by atoms with E-state index in [9.17, 15) is 5.26 Å². The minimum Gasteiger partial charge on any atom is -0.494 e. The number of ether oxygens (including phenoxy) is 2. The zero-order valence-corrected chi connectivity index (χ0v) is 12.9. The van der Waals surface area contributed by atoms with Crippen LogP contribution in [0.2, 0.25) is 0 Å². The highest BCUT2D eigenvalue weighted by molar-refractivity contribution is 5.28. The fourth-order valence-corrected chi connectivity index (χ4v) is 3.21. The van der Waals surface area contributed by atoms with Crippen LogP contribution in [-0.2, 0) is 11.3 Å². The van der Waals surface area contributed by atoms with Crippen LogP contribution in [0.1, 0.15) is 31.2 Å². The van der Waals surface area contributed by atoms with Gasteiger partial charge in [0, 0.05) is 7.11 Å². The van der Waals surface area contributed by atoms with E-state index in [-0.39, 0.29) is 5.54 Å².